The van der Waals surface area contributed by atoms with Crippen LogP contribution in [-0.2, 0) is 0 Å². The van der Waals surface area contributed by atoms with Crippen molar-refractivity contribution in [1.82, 2.24) is 9.78 Å². The summed E-state index contributed by atoms with van der Waals surface area (Å²) in [5, 5.41) is 13.9. The molecule has 0 bridgehead atoms. The summed E-state index contributed by atoms with van der Waals surface area (Å²) in [7, 11) is 0. The lowest BCUT2D eigenvalue weighted by molar-refractivity contribution is 0.289. The van der Waals surface area contributed by atoms with Crippen LogP contribution in [0.5, 0.6) is 0 Å². The Morgan fingerprint density at radius 1 is 1.28 bits per heavy atom. The van der Waals surface area contributed by atoms with E-state index >= 15 is 0 Å². The zero-order valence-electron chi connectivity index (χ0n) is 9.81. The third-order valence-electron chi connectivity index (χ3n) is 3.41. The molecule has 0 atom stereocenters. The lowest BCUT2D eigenvalue weighted by atomic mass is 9.93. The molecule has 1 aromatic heterocycles. The average molecular weight is 258 g/mol. The fourth-order valence-corrected chi connectivity index (χ4v) is 2.39. The number of rotatable bonds is 2. The molecule has 90 valence electrons. The van der Waals surface area contributed by atoms with E-state index in [0.717, 1.165) is 11.1 Å². The normalized spacial score (nSPS) is 15.1. The zero-order valence-corrected chi connectivity index (χ0v) is 10.6. The first-order valence-electron chi connectivity index (χ1n) is 6.01. The fraction of sp³-hybridized carbons (Fsp3) is 0.286. The van der Waals surface area contributed by atoms with E-state index in [1.807, 2.05) is 29.2 Å². The predicted octanol–water partition coefficient (Wildman–Crippen LogP) is 3.80. The largest absolute Gasteiger partial charge is 0.269 e. The minimum atomic E-state index is 0.549. The third kappa shape index (κ3) is 2.00. The molecule has 0 spiro atoms. The van der Waals surface area contributed by atoms with Crippen LogP contribution in [0.4, 0.5) is 0 Å². The van der Waals surface area contributed by atoms with Gasteiger partial charge in [0.25, 0.3) is 0 Å². The van der Waals surface area contributed by atoms with Gasteiger partial charge in [-0.3, -0.25) is 4.68 Å². The standard InChI is InChI=1S/C14H12ClN3/c15-13-5-10(7-16)4-11(6-13)12-8-17-18(9-12)14-2-1-3-14/h4-6,8-9,14H,1-3H2. The molecule has 4 heteroatoms. The van der Waals surface area contributed by atoms with Gasteiger partial charge in [-0.25, -0.2) is 0 Å². The molecule has 18 heavy (non-hydrogen) atoms. The van der Waals surface area contributed by atoms with E-state index in [-0.39, 0.29) is 0 Å². The zero-order chi connectivity index (χ0) is 12.5. The number of nitriles is 1. The average Bonchev–Trinajstić information content (AvgIpc) is 2.75. The SMILES string of the molecule is N#Cc1cc(Cl)cc(-c2cnn(C3CCC3)c2)c1. The van der Waals surface area contributed by atoms with Crippen LogP contribution in [0.25, 0.3) is 11.1 Å². The number of benzene rings is 1. The molecular weight excluding hydrogens is 246 g/mol. The second-order valence-corrected chi connectivity index (χ2v) is 5.07. The first-order chi connectivity index (χ1) is 8.76. The number of hydrogen-bond acceptors (Lipinski definition) is 2. The van der Waals surface area contributed by atoms with Crippen molar-refractivity contribution in [2.75, 3.05) is 0 Å². The maximum Gasteiger partial charge on any atom is 0.0992 e. The molecule has 3 rings (SSSR count). The summed E-state index contributed by atoms with van der Waals surface area (Å²) in [5.41, 5.74) is 2.54. The number of hydrogen-bond donors (Lipinski definition) is 0. The fourth-order valence-electron chi connectivity index (χ4n) is 2.16. The highest BCUT2D eigenvalue weighted by molar-refractivity contribution is 6.31. The lowest BCUT2D eigenvalue weighted by Gasteiger charge is -2.25. The van der Waals surface area contributed by atoms with Gasteiger partial charge >= 0.3 is 0 Å². The van der Waals surface area contributed by atoms with Crippen LogP contribution in [0.15, 0.2) is 30.6 Å². The summed E-state index contributed by atoms with van der Waals surface area (Å²) in [4.78, 5) is 0. The van der Waals surface area contributed by atoms with Gasteiger partial charge in [-0.15, -0.1) is 0 Å². The van der Waals surface area contributed by atoms with E-state index in [4.69, 9.17) is 16.9 Å². The number of nitrogens with zero attached hydrogens (tertiary/aromatic N) is 3. The second-order valence-electron chi connectivity index (χ2n) is 4.63. The Hall–Kier alpha value is -1.79. The first-order valence-corrected chi connectivity index (χ1v) is 6.39. The molecule has 1 heterocycles. The Morgan fingerprint density at radius 2 is 2.11 bits per heavy atom. The van der Waals surface area contributed by atoms with Crippen LogP contribution < -0.4 is 0 Å². The molecule has 1 aliphatic carbocycles. The van der Waals surface area contributed by atoms with Gasteiger partial charge in [0.1, 0.15) is 0 Å². The first kappa shape index (κ1) is 11.3. The highest BCUT2D eigenvalue weighted by Gasteiger charge is 2.20. The third-order valence-corrected chi connectivity index (χ3v) is 3.63. The van der Waals surface area contributed by atoms with Crippen molar-refractivity contribution in [2.45, 2.75) is 25.3 Å². The molecule has 0 N–H and O–H groups in total. The smallest absolute Gasteiger partial charge is 0.0992 e. The minimum Gasteiger partial charge on any atom is -0.269 e. The van der Waals surface area contributed by atoms with Crippen LogP contribution in [0.2, 0.25) is 5.02 Å². The molecule has 0 saturated heterocycles. The van der Waals surface area contributed by atoms with Gasteiger partial charge in [-0.1, -0.05) is 11.6 Å². The van der Waals surface area contributed by atoms with Crippen molar-refractivity contribution in [2.24, 2.45) is 0 Å². The van der Waals surface area contributed by atoms with Gasteiger partial charge in [0.2, 0.25) is 0 Å². The molecule has 0 radical (unpaired) electrons. The van der Waals surface area contributed by atoms with Crippen molar-refractivity contribution in [3.8, 4) is 17.2 Å². The van der Waals surface area contributed by atoms with Crippen molar-refractivity contribution < 1.29 is 0 Å². The summed E-state index contributed by atoms with van der Waals surface area (Å²) in [5.74, 6) is 0. The van der Waals surface area contributed by atoms with Crippen LogP contribution in [0.1, 0.15) is 30.9 Å². The van der Waals surface area contributed by atoms with Gasteiger partial charge in [-0.2, -0.15) is 10.4 Å². The summed E-state index contributed by atoms with van der Waals surface area (Å²) >= 11 is 6.01. The van der Waals surface area contributed by atoms with Crippen molar-refractivity contribution in [3.63, 3.8) is 0 Å². The summed E-state index contributed by atoms with van der Waals surface area (Å²) in [6, 6.07) is 8.04. The quantitative estimate of drug-likeness (QED) is 0.821. The molecule has 1 aromatic carbocycles. The van der Waals surface area contributed by atoms with E-state index in [1.165, 1.54) is 19.3 Å². The van der Waals surface area contributed by atoms with Gasteiger partial charge < -0.3 is 0 Å². The minimum absolute atomic E-state index is 0.549. The topological polar surface area (TPSA) is 41.6 Å². The monoisotopic (exact) mass is 257 g/mol. The Kier molecular flexibility index (Phi) is 2.81. The summed E-state index contributed by atoms with van der Waals surface area (Å²) in [6.07, 6.45) is 7.58. The number of halogens is 1. The Bertz CT molecular complexity index is 620. The van der Waals surface area contributed by atoms with Crippen molar-refractivity contribution in [1.29, 1.82) is 5.26 Å². The van der Waals surface area contributed by atoms with E-state index in [0.29, 0.717) is 16.6 Å². The maximum atomic E-state index is 8.94. The van der Waals surface area contributed by atoms with Crippen LogP contribution in [0.3, 0.4) is 0 Å². The maximum absolute atomic E-state index is 8.94. The Morgan fingerprint density at radius 3 is 2.78 bits per heavy atom. The predicted molar refractivity (Wildman–Crippen MR) is 70.3 cm³/mol. The van der Waals surface area contributed by atoms with Crippen LogP contribution >= 0.6 is 11.6 Å². The number of aromatic nitrogens is 2. The van der Waals surface area contributed by atoms with Crippen LogP contribution in [-0.4, -0.2) is 9.78 Å². The van der Waals surface area contributed by atoms with E-state index in [2.05, 4.69) is 11.2 Å². The second kappa shape index (κ2) is 4.47. The van der Waals surface area contributed by atoms with Gasteiger partial charge in [0, 0.05) is 16.8 Å². The molecule has 0 amide bonds. The highest BCUT2D eigenvalue weighted by Crippen LogP contribution is 2.32. The molecule has 2 aromatic rings. The van der Waals surface area contributed by atoms with Crippen LogP contribution in [0, 0.1) is 11.3 Å². The van der Waals surface area contributed by atoms with E-state index < -0.39 is 0 Å². The van der Waals surface area contributed by atoms with Gasteiger partial charge in [-0.05, 0) is 43.0 Å². The van der Waals surface area contributed by atoms with Crippen molar-refractivity contribution >= 4 is 11.6 Å². The summed E-state index contributed by atoms with van der Waals surface area (Å²) < 4.78 is 2.02. The van der Waals surface area contributed by atoms with Crippen molar-refractivity contribution in [3.05, 3.63) is 41.2 Å². The van der Waals surface area contributed by atoms with E-state index in [1.54, 1.807) is 6.07 Å². The molecule has 3 nitrogen and oxygen atoms in total. The molecule has 0 unspecified atom stereocenters. The molecule has 1 fully saturated rings. The highest BCUT2D eigenvalue weighted by atomic mass is 35.5. The Labute approximate surface area is 111 Å². The lowest BCUT2D eigenvalue weighted by Crippen LogP contribution is -2.16. The summed E-state index contributed by atoms with van der Waals surface area (Å²) in [6.45, 7) is 0. The van der Waals surface area contributed by atoms with E-state index in [9.17, 15) is 0 Å². The van der Waals surface area contributed by atoms with Gasteiger partial charge in [0.05, 0.1) is 23.9 Å². The molecule has 0 aliphatic heterocycles. The van der Waals surface area contributed by atoms with Gasteiger partial charge in [0.15, 0.2) is 0 Å². The molecular formula is C14H12ClN3. The molecule has 1 aliphatic rings. The molecule has 1 saturated carbocycles. The Balaban J connectivity index is 1.96.